The molecule has 1 atom stereocenters. The van der Waals surface area contributed by atoms with Gasteiger partial charge < -0.3 is 10.3 Å². The van der Waals surface area contributed by atoms with Gasteiger partial charge in [-0.1, -0.05) is 6.92 Å². The van der Waals surface area contributed by atoms with E-state index < -0.39 is 0 Å². The van der Waals surface area contributed by atoms with E-state index in [0.717, 1.165) is 18.9 Å². The van der Waals surface area contributed by atoms with Gasteiger partial charge in [-0.15, -0.1) is 0 Å². The first kappa shape index (κ1) is 9.71. The highest BCUT2D eigenvalue weighted by Gasteiger charge is 2.20. The molecule has 0 spiro atoms. The molecule has 3 nitrogen and oxygen atoms in total. The Bertz CT molecular complexity index is 328. The summed E-state index contributed by atoms with van der Waals surface area (Å²) in [6.07, 6.45) is 3.37. The molecule has 78 valence electrons. The molecule has 1 unspecified atom stereocenters. The van der Waals surface area contributed by atoms with Crippen LogP contribution in [0, 0.1) is 12.8 Å². The zero-order valence-corrected chi connectivity index (χ0v) is 9.08. The van der Waals surface area contributed by atoms with Crippen molar-refractivity contribution >= 4 is 0 Å². The van der Waals surface area contributed by atoms with E-state index in [1.165, 1.54) is 30.1 Å². The average Bonchev–Trinajstić information content (AvgIpc) is 2.44. The third-order valence-electron chi connectivity index (χ3n) is 3.11. The molecule has 1 aromatic rings. The maximum atomic E-state index is 5.58. The Labute approximate surface area is 85.3 Å². The number of fused-ring (bicyclic) bond motifs is 1. The lowest BCUT2D eigenvalue weighted by molar-refractivity contribution is 0.408. The van der Waals surface area contributed by atoms with Crippen LogP contribution in [0.2, 0.25) is 0 Å². The summed E-state index contributed by atoms with van der Waals surface area (Å²) in [6, 6.07) is 0. The van der Waals surface area contributed by atoms with Crippen LogP contribution in [-0.4, -0.2) is 16.1 Å². The lowest BCUT2D eigenvalue weighted by atomic mass is 9.97. The quantitative estimate of drug-likeness (QED) is 0.769. The Morgan fingerprint density at radius 2 is 2.36 bits per heavy atom. The maximum Gasteiger partial charge on any atom is 0.110 e. The Hall–Kier alpha value is -0.830. The largest absolute Gasteiger partial charge is 0.332 e. The van der Waals surface area contributed by atoms with Crippen LogP contribution in [0.1, 0.15) is 30.6 Å². The number of nitrogens with two attached hydrogens (primary N) is 1. The van der Waals surface area contributed by atoms with E-state index in [1.54, 1.807) is 0 Å². The zero-order valence-electron chi connectivity index (χ0n) is 9.08. The first-order valence-electron chi connectivity index (χ1n) is 5.47. The summed E-state index contributed by atoms with van der Waals surface area (Å²) in [7, 11) is 0. The minimum Gasteiger partial charge on any atom is -0.332 e. The average molecular weight is 193 g/mol. The van der Waals surface area contributed by atoms with Crippen LogP contribution >= 0.6 is 0 Å². The molecule has 0 radical (unpaired) electrons. The van der Waals surface area contributed by atoms with E-state index in [0.29, 0.717) is 6.54 Å². The molecule has 0 bridgehead atoms. The predicted octanol–water partition coefficient (Wildman–Crippen LogP) is 1.28. The van der Waals surface area contributed by atoms with Crippen LogP contribution in [0.15, 0.2) is 0 Å². The zero-order chi connectivity index (χ0) is 10.1. The van der Waals surface area contributed by atoms with Gasteiger partial charge in [0, 0.05) is 18.7 Å². The van der Waals surface area contributed by atoms with Gasteiger partial charge in [0.1, 0.15) is 5.82 Å². The number of aromatic nitrogens is 2. The van der Waals surface area contributed by atoms with Gasteiger partial charge in [0.05, 0.1) is 5.69 Å². The maximum absolute atomic E-state index is 5.58. The van der Waals surface area contributed by atoms with Crippen molar-refractivity contribution in [2.24, 2.45) is 11.7 Å². The van der Waals surface area contributed by atoms with Crippen LogP contribution in [0.25, 0.3) is 0 Å². The number of hydrogen-bond donors (Lipinski definition) is 1. The van der Waals surface area contributed by atoms with Gasteiger partial charge in [0.25, 0.3) is 0 Å². The summed E-state index contributed by atoms with van der Waals surface area (Å²) in [5, 5.41) is 0. The van der Waals surface area contributed by atoms with Crippen molar-refractivity contribution in [3.05, 3.63) is 17.2 Å². The van der Waals surface area contributed by atoms with Crippen LogP contribution in [0.4, 0.5) is 0 Å². The number of aryl methyl sites for hydroxylation is 1. The number of hydrogen-bond acceptors (Lipinski definition) is 2. The molecule has 0 saturated heterocycles. The van der Waals surface area contributed by atoms with Crippen LogP contribution in [0.3, 0.4) is 0 Å². The molecule has 0 aliphatic carbocycles. The molecule has 0 saturated carbocycles. The van der Waals surface area contributed by atoms with Gasteiger partial charge in [-0.05, 0) is 32.2 Å². The Morgan fingerprint density at radius 1 is 1.57 bits per heavy atom. The Balaban J connectivity index is 2.33. The molecule has 3 heteroatoms. The van der Waals surface area contributed by atoms with Gasteiger partial charge in [0.15, 0.2) is 0 Å². The summed E-state index contributed by atoms with van der Waals surface area (Å²) in [4.78, 5) is 4.60. The van der Waals surface area contributed by atoms with E-state index >= 15 is 0 Å². The first-order chi connectivity index (χ1) is 6.72. The fourth-order valence-electron chi connectivity index (χ4n) is 2.29. The van der Waals surface area contributed by atoms with E-state index in [4.69, 9.17) is 5.73 Å². The van der Waals surface area contributed by atoms with Crippen LogP contribution in [-0.2, 0) is 19.4 Å². The monoisotopic (exact) mass is 193 g/mol. The number of rotatable bonds is 2. The van der Waals surface area contributed by atoms with Crippen molar-refractivity contribution in [1.29, 1.82) is 0 Å². The smallest absolute Gasteiger partial charge is 0.110 e. The molecule has 1 aliphatic rings. The molecular formula is C11H19N3. The fraction of sp³-hybridized carbons (Fsp3) is 0.727. The molecule has 0 amide bonds. The minimum absolute atomic E-state index is 0.700. The van der Waals surface area contributed by atoms with Crippen molar-refractivity contribution < 1.29 is 0 Å². The summed E-state index contributed by atoms with van der Waals surface area (Å²) in [5.74, 6) is 2.00. The molecule has 2 rings (SSSR count). The highest BCUT2D eigenvalue weighted by Crippen LogP contribution is 2.24. The molecule has 0 fully saturated rings. The summed E-state index contributed by atoms with van der Waals surface area (Å²) >= 11 is 0. The summed E-state index contributed by atoms with van der Waals surface area (Å²) < 4.78 is 2.38. The lowest BCUT2D eigenvalue weighted by Crippen LogP contribution is -2.20. The van der Waals surface area contributed by atoms with Crippen LogP contribution in [0.5, 0.6) is 0 Å². The first-order valence-corrected chi connectivity index (χ1v) is 5.47. The SMILES string of the molecule is Cc1nc(CCN)n2c1CC(C)CC2. The highest BCUT2D eigenvalue weighted by molar-refractivity contribution is 5.18. The second-order valence-electron chi connectivity index (χ2n) is 4.35. The standard InChI is InChI=1S/C11H19N3/c1-8-4-6-14-10(7-8)9(2)13-11(14)3-5-12/h8H,3-7,12H2,1-2H3. The molecule has 1 aromatic heterocycles. The van der Waals surface area contributed by atoms with E-state index in [-0.39, 0.29) is 0 Å². The second-order valence-corrected chi connectivity index (χ2v) is 4.35. The van der Waals surface area contributed by atoms with Crippen molar-refractivity contribution in [2.75, 3.05) is 6.54 Å². The summed E-state index contributed by atoms with van der Waals surface area (Å²) in [5.41, 5.74) is 8.22. The van der Waals surface area contributed by atoms with Gasteiger partial charge in [0.2, 0.25) is 0 Å². The Morgan fingerprint density at radius 3 is 3.07 bits per heavy atom. The molecule has 0 aromatic carbocycles. The van der Waals surface area contributed by atoms with Crippen molar-refractivity contribution in [3.63, 3.8) is 0 Å². The molecule has 14 heavy (non-hydrogen) atoms. The number of nitrogens with zero attached hydrogens (tertiary/aromatic N) is 2. The number of imidazole rings is 1. The second kappa shape index (κ2) is 3.73. The van der Waals surface area contributed by atoms with E-state index in [1.807, 2.05) is 0 Å². The summed E-state index contributed by atoms with van der Waals surface area (Å²) in [6.45, 7) is 6.26. The van der Waals surface area contributed by atoms with Crippen molar-refractivity contribution in [2.45, 2.75) is 39.7 Å². The fourth-order valence-corrected chi connectivity index (χ4v) is 2.29. The predicted molar refractivity (Wildman–Crippen MR) is 57.2 cm³/mol. The third kappa shape index (κ3) is 1.57. The molecule has 2 N–H and O–H groups in total. The van der Waals surface area contributed by atoms with Crippen molar-refractivity contribution in [1.82, 2.24) is 9.55 Å². The molecule has 1 aliphatic heterocycles. The Kier molecular flexibility index (Phi) is 2.59. The topological polar surface area (TPSA) is 43.8 Å². The van der Waals surface area contributed by atoms with E-state index in [2.05, 4.69) is 23.4 Å². The van der Waals surface area contributed by atoms with E-state index in [9.17, 15) is 0 Å². The van der Waals surface area contributed by atoms with Crippen molar-refractivity contribution in [3.8, 4) is 0 Å². The highest BCUT2D eigenvalue weighted by atomic mass is 15.1. The van der Waals surface area contributed by atoms with Gasteiger partial charge >= 0.3 is 0 Å². The van der Waals surface area contributed by atoms with Crippen LogP contribution < -0.4 is 5.73 Å². The van der Waals surface area contributed by atoms with Gasteiger partial charge in [-0.25, -0.2) is 4.98 Å². The lowest BCUT2D eigenvalue weighted by Gasteiger charge is -2.22. The minimum atomic E-state index is 0.700. The molecule has 2 heterocycles. The van der Waals surface area contributed by atoms with Gasteiger partial charge in [-0.2, -0.15) is 0 Å². The molecular weight excluding hydrogens is 174 g/mol. The van der Waals surface area contributed by atoms with Gasteiger partial charge in [-0.3, -0.25) is 0 Å². The third-order valence-corrected chi connectivity index (χ3v) is 3.11. The normalized spacial score (nSPS) is 20.9.